The van der Waals surface area contributed by atoms with Crippen molar-refractivity contribution in [3.63, 3.8) is 0 Å². The fraction of sp³-hybridized carbons (Fsp3) is 0.227. The number of amides is 2. The monoisotopic (exact) mass is 466 g/mol. The lowest BCUT2D eigenvalue weighted by Crippen LogP contribution is -2.58. The number of allylic oxidation sites excluding steroid dienone is 2. The summed E-state index contributed by atoms with van der Waals surface area (Å²) in [4.78, 5) is 39.0. The molecular weight excluding hydrogens is 444 g/mol. The van der Waals surface area contributed by atoms with Crippen molar-refractivity contribution in [1.29, 1.82) is 0 Å². The smallest absolute Gasteiger partial charge is 0.264 e. The maximum atomic E-state index is 13.1. The Labute approximate surface area is 191 Å². The number of sulfonamides is 1. The van der Waals surface area contributed by atoms with Gasteiger partial charge in [0.25, 0.3) is 21.8 Å². The summed E-state index contributed by atoms with van der Waals surface area (Å²) >= 11 is 0. The lowest BCUT2D eigenvalue weighted by Gasteiger charge is -2.41. The number of aryl methyl sites for hydroxylation is 2. The SMILES string of the molecule is Cc1cc(C)nc(NS(=O)(=O)c2ccc(NC(=O)C3(C)CC(=O)N=C4C=CC=CN43)cc2)n1. The van der Waals surface area contributed by atoms with Crippen LogP contribution in [0.4, 0.5) is 11.6 Å². The van der Waals surface area contributed by atoms with Gasteiger partial charge in [0, 0.05) is 23.3 Å². The molecule has 2 aromatic rings. The molecule has 33 heavy (non-hydrogen) atoms. The average Bonchev–Trinajstić information content (AvgIpc) is 2.73. The third kappa shape index (κ3) is 4.53. The van der Waals surface area contributed by atoms with Crippen LogP contribution in [0.15, 0.2) is 64.6 Å². The van der Waals surface area contributed by atoms with Crippen LogP contribution in [0, 0.1) is 13.8 Å². The second kappa shape index (κ2) is 8.24. The number of aliphatic imine (C=N–C) groups is 1. The van der Waals surface area contributed by atoms with E-state index in [1.165, 1.54) is 24.3 Å². The molecule has 2 amide bonds. The summed E-state index contributed by atoms with van der Waals surface area (Å²) in [6, 6.07) is 7.42. The number of benzene rings is 1. The van der Waals surface area contributed by atoms with Crippen LogP contribution in [0.25, 0.3) is 0 Å². The van der Waals surface area contributed by atoms with Crippen molar-refractivity contribution < 1.29 is 18.0 Å². The molecule has 0 radical (unpaired) electrons. The molecule has 170 valence electrons. The van der Waals surface area contributed by atoms with Crippen molar-refractivity contribution in [3.05, 3.63) is 66.1 Å². The van der Waals surface area contributed by atoms with Crippen molar-refractivity contribution in [2.75, 3.05) is 10.0 Å². The minimum atomic E-state index is -3.92. The van der Waals surface area contributed by atoms with Gasteiger partial charge in [-0.3, -0.25) is 9.59 Å². The van der Waals surface area contributed by atoms with Crippen molar-refractivity contribution in [2.24, 2.45) is 4.99 Å². The Hall–Kier alpha value is -3.86. The number of nitrogens with one attached hydrogen (secondary N) is 2. The van der Waals surface area contributed by atoms with E-state index in [0.29, 0.717) is 22.9 Å². The summed E-state index contributed by atoms with van der Waals surface area (Å²) in [6.07, 6.45) is 6.76. The third-order valence-electron chi connectivity index (χ3n) is 5.22. The molecule has 1 aromatic heterocycles. The van der Waals surface area contributed by atoms with Gasteiger partial charge < -0.3 is 10.2 Å². The Morgan fingerprint density at radius 1 is 1.09 bits per heavy atom. The summed E-state index contributed by atoms with van der Waals surface area (Å²) in [5, 5.41) is 2.76. The van der Waals surface area contributed by atoms with Gasteiger partial charge in [0.1, 0.15) is 11.4 Å². The number of nitrogens with zero attached hydrogens (tertiary/aromatic N) is 4. The predicted octanol–water partition coefficient (Wildman–Crippen LogP) is 2.31. The first-order valence-corrected chi connectivity index (χ1v) is 11.6. The quantitative estimate of drug-likeness (QED) is 0.691. The molecule has 1 unspecified atom stereocenters. The molecule has 0 aliphatic carbocycles. The first-order valence-electron chi connectivity index (χ1n) is 10.1. The number of hydrogen-bond donors (Lipinski definition) is 2. The standard InChI is InChI=1S/C22H22N6O4S/c1-14-12-15(2)24-21(23-14)27-33(31,32)17-9-7-16(8-10-17)25-20(30)22(3)13-19(29)26-18-6-4-5-11-28(18)22/h4-12H,13H2,1-3H3,(H,25,30)(H,23,24,27). The van der Waals surface area contributed by atoms with E-state index in [-0.39, 0.29) is 23.2 Å². The van der Waals surface area contributed by atoms with E-state index in [4.69, 9.17) is 0 Å². The van der Waals surface area contributed by atoms with Crippen LogP contribution >= 0.6 is 0 Å². The highest BCUT2D eigenvalue weighted by Gasteiger charge is 2.45. The molecule has 0 saturated carbocycles. The number of hydrogen-bond acceptors (Lipinski definition) is 7. The van der Waals surface area contributed by atoms with E-state index in [1.54, 1.807) is 56.2 Å². The molecule has 2 aliphatic heterocycles. The molecule has 2 aliphatic rings. The average molecular weight is 467 g/mol. The Kier molecular flexibility index (Phi) is 5.58. The molecule has 11 heteroatoms. The van der Waals surface area contributed by atoms with E-state index in [2.05, 4.69) is 25.0 Å². The summed E-state index contributed by atoms with van der Waals surface area (Å²) < 4.78 is 27.8. The van der Waals surface area contributed by atoms with Gasteiger partial charge in [-0.15, -0.1) is 0 Å². The van der Waals surface area contributed by atoms with Crippen molar-refractivity contribution >= 4 is 39.3 Å². The van der Waals surface area contributed by atoms with Crippen LogP contribution < -0.4 is 10.0 Å². The highest BCUT2D eigenvalue weighted by molar-refractivity contribution is 7.92. The summed E-state index contributed by atoms with van der Waals surface area (Å²) in [5.74, 6) is -0.422. The number of fused-ring (bicyclic) bond motifs is 1. The maximum absolute atomic E-state index is 13.1. The fourth-order valence-corrected chi connectivity index (χ4v) is 4.56. The first kappa shape index (κ1) is 22.3. The minimum Gasteiger partial charge on any atom is -0.324 e. The van der Waals surface area contributed by atoms with Crippen molar-refractivity contribution in [1.82, 2.24) is 14.9 Å². The summed E-state index contributed by atoms with van der Waals surface area (Å²) in [6.45, 7) is 5.15. The Morgan fingerprint density at radius 2 is 1.76 bits per heavy atom. The normalized spacial score (nSPS) is 19.7. The Morgan fingerprint density at radius 3 is 2.42 bits per heavy atom. The largest absolute Gasteiger partial charge is 0.324 e. The Balaban J connectivity index is 1.51. The van der Waals surface area contributed by atoms with Gasteiger partial charge in [-0.2, -0.15) is 4.99 Å². The Bertz CT molecular complexity index is 1310. The van der Waals surface area contributed by atoms with Crippen LogP contribution in [-0.2, 0) is 19.6 Å². The van der Waals surface area contributed by atoms with Crippen LogP contribution in [-0.4, -0.2) is 46.5 Å². The molecule has 3 heterocycles. The van der Waals surface area contributed by atoms with Gasteiger partial charge in [-0.1, -0.05) is 6.08 Å². The molecule has 1 aromatic carbocycles. The van der Waals surface area contributed by atoms with E-state index >= 15 is 0 Å². The first-order chi connectivity index (χ1) is 15.6. The molecule has 0 saturated heterocycles. The zero-order valence-electron chi connectivity index (χ0n) is 18.2. The number of amidine groups is 1. The second-order valence-electron chi connectivity index (χ2n) is 7.94. The number of rotatable bonds is 5. The van der Waals surface area contributed by atoms with Crippen LogP contribution in [0.1, 0.15) is 24.7 Å². The second-order valence-corrected chi connectivity index (χ2v) is 9.63. The molecule has 10 nitrogen and oxygen atoms in total. The van der Waals surface area contributed by atoms with Gasteiger partial charge in [-0.05, 0) is 63.3 Å². The highest BCUT2D eigenvalue weighted by atomic mass is 32.2. The van der Waals surface area contributed by atoms with Crippen LogP contribution in [0.2, 0.25) is 0 Å². The number of aromatic nitrogens is 2. The van der Waals surface area contributed by atoms with E-state index in [1.807, 2.05) is 0 Å². The van der Waals surface area contributed by atoms with Gasteiger partial charge >= 0.3 is 0 Å². The molecule has 2 N–H and O–H groups in total. The number of carbonyl (C=O) groups is 2. The van der Waals surface area contributed by atoms with Crippen molar-refractivity contribution in [2.45, 2.75) is 37.6 Å². The third-order valence-corrected chi connectivity index (χ3v) is 6.57. The molecule has 0 spiro atoms. The summed E-state index contributed by atoms with van der Waals surface area (Å²) in [7, 11) is -3.92. The predicted molar refractivity (Wildman–Crippen MR) is 123 cm³/mol. The van der Waals surface area contributed by atoms with Gasteiger partial charge in [0.2, 0.25) is 5.95 Å². The molecular formula is C22H22N6O4S. The maximum Gasteiger partial charge on any atom is 0.264 e. The lowest BCUT2D eigenvalue weighted by atomic mass is 9.91. The van der Waals surface area contributed by atoms with Crippen LogP contribution in [0.5, 0.6) is 0 Å². The van der Waals surface area contributed by atoms with E-state index in [0.717, 1.165) is 0 Å². The number of carbonyl (C=O) groups excluding carboxylic acids is 2. The minimum absolute atomic E-state index is 0.0131. The van der Waals surface area contributed by atoms with E-state index < -0.39 is 21.5 Å². The molecule has 0 fully saturated rings. The van der Waals surface area contributed by atoms with Gasteiger partial charge in [-0.25, -0.2) is 23.1 Å². The fourth-order valence-electron chi connectivity index (χ4n) is 3.61. The molecule has 0 bridgehead atoms. The highest BCUT2D eigenvalue weighted by Crippen LogP contribution is 2.29. The topological polar surface area (TPSA) is 134 Å². The van der Waals surface area contributed by atoms with Crippen molar-refractivity contribution in [3.8, 4) is 0 Å². The zero-order chi connectivity index (χ0) is 23.8. The lowest BCUT2D eigenvalue weighted by molar-refractivity contribution is -0.130. The number of anilines is 2. The molecule has 1 atom stereocenters. The van der Waals surface area contributed by atoms with Crippen LogP contribution in [0.3, 0.4) is 0 Å². The van der Waals surface area contributed by atoms with Gasteiger partial charge in [0.05, 0.1) is 11.3 Å². The summed E-state index contributed by atoms with van der Waals surface area (Å²) in [5.41, 5.74) is 0.485. The van der Waals surface area contributed by atoms with Gasteiger partial charge in [0.15, 0.2) is 0 Å². The van der Waals surface area contributed by atoms with E-state index in [9.17, 15) is 18.0 Å². The zero-order valence-corrected chi connectivity index (χ0v) is 19.0. The molecule has 4 rings (SSSR count).